The highest BCUT2D eigenvalue weighted by Gasteiger charge is 2.32. The number of pyridine rings is 1. The second-order valence-corrected chi connectivity index (χ2v) is 6.41. The maximum Gasteiger partial charge on any atom is 0.349 e. The number of hydrogen-bond acceptors (Lipinski definition) is 6. The van der Waals surface area contributed by atoms with E-state index in [9.17, 15) is 14.0 Å². The SMILES string of the molecule is Cc1ccc(OC(C)(C)C(=O)OCCCOC(=O)c2cccnc2)c(F)c1. The number of nitrogens with zero attached hydrogens (tertiary/aromatic N) is 1. The Bertz CT molecular complexity index is 792. The van der Waals surface area contributed by atoms with Crippen LogP contribution in [-0.2, 0) is 14.3 Å². The molecule has 7 heteroatoms. The Kier molecular flexibility index (Phi) is 6.87. The topological polar surface area (TPSA) is 74.7 Å². The second-order valence-electron chi connectivity index (χ2n) is 6.41. The van der Waals surface area contributed by atoms with Crippen molar-refractivity contribution in [3.05, 3.63) is 59.7 Å². The van der Waals surface area contributed by atoms with E-state index in [0.29, 0.717) is 12.0 Å². The number of rotatable bonds is 8. The van der Waals surface area contributed by atoms with Gasteiger partial charge < -0.3 is 14.2 Å². The van der Waals surface area contributed by atoms with Crippen LogP contribution in [0.3, 0.4) is 0 Å². The van der Waals surface area contributed by atoms with E-state index < -0.39 is 23.4 Å². The fourth-order valence-corrected chi connectivity index (χ4v) is 2.13. The van der Waals surface area contributed by atoms with Gasteiger partial charge in [0.2, 0.25) is 0 Å². The Morgan fingerprint density at radius 1 is 1.15 bits per heavy atom. The third-order valence-electron chi connectivity index (χ3n) is 3.60. The summed E-state index contributed by atoms with van der Waals surface area (Å²) >= 11 is 0. The molecule has 0 bridgehead atoms. The number of aromatic nitrogens is 1. The fraction of sp³-hybridized carbons (Fsp3) is 0.350. The van der Waals surface area contributed by atoms with Crippen molar-refractivity contribution in [3.63, 3.8) is 0 Å². The van der Waals surface area contributed by atoms with E-state index in [-0.39, 0.29) is 19.0 Å². The van der Waals surface area contributed by atoms with Crippen LogP contribution in [0.5, 0.6) is 5.75 Å². The van der Waals surface area contributed by atoms with Crippen LogP contribution in [0.1, 0.15) is 36.2 Å². The Labute approximate surface area is 157 Å². The van der Waals surface area contributed by atoms with Crippen molar-refractivity contribution >= 4 is 11.9 Å². The molecule has 1 aromatic carbocycles. The molecule has 0 spiro atoms. The van der Waals surface area contributed by atoms with Gasteiger partial charge in [0.1, 0.15) is 0 Å². The monoisotopic (exact) mass is 375 g/mol. The lowest BCUT2D eigenvalue weighted by molar-refractivity contribution is -0.159. The average Bonchev–Trinajstić information content (AvgIpc) is 2.64. The number of esters is 2. The minimum atomic E-state index is -1.36. The highest BCUT2D eigenvalue weighted by molar-refractivity contribution is 5.88. The number of ether oxygens (including phenoxy) is 3. The maximum absolute atomic E-state index is 13.9. The molecule has 0 saturated carbocycles. The minimum Gasteiger partial charge on any atom is -0.473 e. The van der Waals surface area contributed by atoms with Crippen LogP contribution in [0, 0.1) is 12.7 Å². The van der Waals surface area contributed by atoms with E-state index in [1.54, 1.807) is 31.3 Å². The van der Waals surface area contributed by atoms with Gasteiger partial charge in [0.15, 0.2) is 17.2 Å². The number of halogens is 1. The predicted octanol–water partition coefficient (Wildman–Crippen LogP) is 3.48. The average molecular weight is 375 g/mol. The van der Waals surface area contributed by atoms with Crippen LogP contribution in [0.15, 0.2) is 42.7 Å². The molecule has 0 aliphatic carbocycles. The molecule has 0 aliphatic heterocycles. The van der Waals surface area contributed by atoms with E-state index in [1.807, 2.05) is 0 Å². The van der Waals surface area contributed by atoms with Crippen LogP contribution in [-0.4, -0.2) is 35.7 Å². The molecule has 0 saturated heterocycles. The van der Waals surface area contributed by atoms with Gasteiger partial charge in [0, 0.05) is 18.8 Å². The summed E-state index contributed by atoms with van der Waals surface area (Å²) in [4.78, 5) is 27.7. The molecule has 27 heavy (non-hydrogen) atoms. The Morgan fingerprint density at radius 2 is 1.89 bits per heavy atom. The van der Waals surface area contributed by atoms with Gasteiger partial charge in [-0.25, -0.2) is 14.0 Å². The van der Waals surface area contributed by atoms with Crippen LogP contribution in [0.25, 0.3) is 0 Å². The molecular formula is C20H22FNO5. The number of carbonyl (C=O) groups is 2. The first-order valence-corrected chi connectivity index (χ1v) is 8.49. The molecule has 0 fully saturated rings. The highest BCUT2D eigenvalue weighted by Crippen LogP contribution is 2.24. The molecule has 1 aromatic heterocycles. The zero-order valence-electron chi connectivity index (χ0n) is 15.5. The molecule has 0 aliphatic rings. The van der Waals surface area contributed by atoms with E-state index >= 15 is 0 Å². The van der Waals surface area contributed by atoms with Crippen molar-refractivity contribution in [1.82, 2.24) is 4.98 Å². The zero-order chi connectivity index (χ0) is 19.9. The summed E-state index contributed by atoms with van der Waals surface area (Å²) in [5.74, 6) is -1.69. The quantitative estimate of drug-likeness (QED) is 0.519. The van der Waals surface area contributed by atoms with Crippen molar-refractivity contribution in [2.75, 3.05) is 13.2 Å². The molecule has 144 valence electrons. The molecular weight excluding hydrogens is 353 g/mol. The molecule has 0 N–H and O–H groups in total. The summed E-state index contributed by atoms with van der Waals surface area (Å²) in [6.45, 7) is 4.89. The Balaban J connectivity index is 1.75. The van der Waals surface area contributed by atoms with Crippen LogP contribution in [0.2, 0.25) is 0 Å². The predicted molar refractivity (Wildman–Crippen MR) is 95.9 cm³/mol. The first-order valence-electron chi connectivity index (χ1n) is 8.49. The zero-order valence-corrected chi connectivity index (χ0v) is 15.5. The van der Waals surface area contributed by atoms with Crippen LogP contribution >= 0.6 is 0 Å². The van der Waals surface area contributed by atoms with Crippen molar-refractivity contribution in [2.45, 2.75) is 32.8 Å². The van der Waals surface area contributed by atoms with Gasteiger partial charge in [0.05, 0.1) is 18.8 Å². The largest absolute Gasteiger partial charge is 0.473 e. The van der Waals surface area contributed by atoms with Gasteiger partial charge in [0.25, 0.3) is 0 Å². The normalized spacial score (nSPS) is 11.0. The lowest BCUT2D eigenvalue weighted by Gasteiger charge is -2.24. The van der Waals surface area contributed by atoms with E-state index in [2.05, 4.69) is 4.98 Å². The summed E-state index contributed by atoms with van der Waals surface area (Å²) in [5, 5.41) is 0. The van der Waals surface area contributed by atoms with Crippen molar-refractivity contribution < 1.29 is 28.2 Å². The van der Waals surface area contributed by atoms with Crippen LogP contribution < -0.4 is 4.74 Å². The Hall–Kier alpha value is -2.96. The molecule has 2 rings (SSSR count). The van der Waals surface area contributed by atoms with Gasteiger partial charge in [-0.1, -0.05) is 6.07 Å². The van der Waals surface area contributed by atoms with Gasteiger partial charge in [-0.05, 0) is 50.6 Å². The third-order valence-corrected chi connectivity index (χ3v) is 3.60. The van der Waals surface area contributed by atoms with E-state index in [1.165, 1.54) is 32.2 Å². The van der Waals surface area contributed by atoms with Crippen molar-refractivity contribution in [2.24, 2.45) is 0 Å². The highest BCUT2D eigenvalue weighted by atomic mass is 19.1. The number of benzene rings is 1. The number of aryl methyl sites for hydroxylation is 1. The summed E-state index contributed by atoms with van der Waals surface area (Å²) in [6.07, 6.45) is 3.29. The van der Waals surface area contributed by atoms with Gasteiger partial charge in [-0.2, -0.15) is 0 Å². The number of hydrogen-bond donors (Lipinski definition) is 0. The summed E-state index contributed by atoms with van der Waals surface area (Å²) in [7, 11) is 0. The third kappa shape index (κ3) is 6.06. The molecule has 6 nitrogen and oxygen atoms in total. The Morgan fingerprint density at radius 3 is 2.56 bits per heavy atom. The smallest absolute Gasteiger partial charge is 0.349 e. The van der Waals surface area contributed by atoms with Gasteiger partial charge in [-0.15, -0.1) is 0 Å². The first kappa shape index (κ1) is 20.4. The second kappa shape index (κ2) is 9.12. The maximum atomic E-state index is 13.9. The fourth-order valence-electron chi connectivity index (χ4n) is 2.13. The van der Waals surface area contributed by atoms with Crippen LogP contribution in [0.4, 0.5) is 4.39 Å². The molecule has 1 heterocycles. The molecule has 0 radical (unpaired) electrons. The first-order chi connectivity index (χ1) is 12.8. The number of carbonyl (C=O) groups excluding carboxylic acids is 2. The summed E-state index contributed by atoms with van der Waals surface area (Å²) in [6, 6.07) is 7.72. The van der Waals surface area contributed by atoms with Crippen molar-refractivity contribution in [1.29, 1.82) is 0 Å². The lowest BCUT2D eigenvalue weighted by atomic mass is 10.1. The van der Waals surface area contributed by atoms with Gasteiger partial charge in [-0.3, -0.25) is 4.98 Å². The van der Waals surface area contributed by atoms with Gasteiger partial charge >= 0.3 is 11.9 Å². The molecule has 2 aromatic rings. The molecule has 0 unspecified atom stereocenters. The standard InChI is InChI=1S/C20H22FNO5/c1-14-7-8-17(16(21)12-14)27-20(2,3)19(24)26-11-5-10-25-18(23)15-6-4-9-22-13-15/h4,6-9,12-13H,5,10-11H2,1-3H3. The van der Waals surface area contributed by atoms with E-state index in [0.717, 1.165) is 5.56 Å². The van der Waals surface area contributed by atoms with Crippen molar-refractivity contribution in [3.8, 4) is 5.75 Å². The summed E-state index contributed by atoms with van der Waals surface area (Å²) < 4.78 is 29.5. The minimum absolute atomic E-state index is 0.0204. The van der Waals surface area contributed by atoms with E-state index in [4.69, 9.17) is 14.2 Å². The summed E-state index contributed by atoms with van der Waals surface area (Å²) in [5.41, 5.74) is -0.257. The molecule has 0 atom stereocenters. The lowest BCUT2D eigenvalue weighted by Crippen LogP contribution is -2.40. The molecule has 0 amide bonds.